The highest BCUT2D eigenvalue weighted by Crippen LogP contribution is 2.31. The lowest BCUT2D eigenvalue weighted by molar-refractivity contribution is 0.569. The first-order chi connectivity index (χ1) is 24.0. The number of pyridine rings is 3. The minimum Gasteiger partial charge on any atom is -0.265 e. The number of rotatable bonds is 7. The summed E-state index contributed by atoms with van der Waals surface area (Å²) < 4.78 is 0. The smallest absolute Gasteiger partial charge is 0.164 e. The Labute approximate surface area is 295 Å². The predicted molar refractivity (Wildman–Crippen MR) is 208 cm³/mol. The Hall–Kier alpha value is -5.66. The summed E-state index contributed by atoms with van der Waals surface area (Å²) in [5, 5.41) is 1.20. The van der Waals surface area contributed by atoms with Crippen LogP contribution in [0.15, 0.2) is 134 Å². The average molecular weight is 669 g/mol. The van der Waals surface area contributed by atoms with Gasteiger partial charge in [0.1, 0.15) is 8.07 Å². The summed E-state index contributed by atoms with van der Waals surface area (Å²) in [7, 11) is -1.50. The molecule has 7 aromatic rings. The van der Waals surface area contributed by atoms with E-state index in [1.807, 2.05) is 42.9 Å². The normalized spacial score (nSPS) is 11.8. The SMILES string of the molecule is CC(C)(C)c1ccc(-c2cccc(-c3nc(-c4cccc(-c5cccnc5)c4)nc(-c4cccc(-c5ccc([Si](C)(C)C)nc5)c4)n3)c2)cn1. The Morgan fingerprint density at radius 3 is 1.26 bits per heavy atom. The van der Waals surface area contributed by atoms with Crippen molar-refractivity contribution in [2.24, 2.45) is 0 Å². The van der Waals surface area contributed by atoms with Crippen LogP contribution in [0.2, 0.25) is 19.6 Å². The lowest BCUT2D eigenvalue weighted by Gasteiger charge is -2.17. The molecule has 0 atom stereocenters. The summed E-state index contributed by atoms with van der Waals surface area (Å²) in [4.78, 5) is 29.1. The number of aromatic nitrogens is 6. The summed E-state index contributed by atoms with van der Waals surface area (Å²) in [6, 6.07) is 37.5. The average Bonchev–Trinajstić information content (AvgIpc) is 3.14. The first kappa shape index (κ1) is 32.9. The van der Waals surface area contributed by atoms with Gasteiger partial charge in [0.15, 0.2) is 17.5 Å². The maximum Gasteiger partial charge on any atom is 0.164 e. The maximum atomic E-state index is 5.08. The van der Waals surface area contributed by atoms with Gasteiger partial charge in [-0.15, -0.1) is 0 Å². The predicted octanol–water partition coefficient (Wildman–Crippen LogP) is 9.90. The van der Waals surface area contributed by atoms with Gasteiger partial charge in [-0.3, -0.25) is 15.0 Å². The maximum absolute atomic E-state index is 5.08. The Morgan fingerprint density at radius 1 is 0.440 bits per heavy atom. The van der Waals surface area contributed by atoms with E-state index in [4.69, 9.17) is 24.9 Å². The van der Waals surface area contributed by atoms with E-state index in [1.165, 1.54) is 5.32 Å². The lowest BCUT2D eigenvalue weighted by Crippen LogP contribution is -2.39. The van der Waals surface area contributed by atoms with E-state index in [9.17, 15) is 0 Å². The van der Waals surface area contributed by atoms with E-state index >= 15 is 0 Å². The van der Waals surface area contributed by atoms with Crippen molar-refractivity contribution >= 4 is 13.4 Å². The van der Waals surface area contributed by atoms with E-state index in [-0.39, 0.29) is 5.41 Å². The molecular formula is C43H40N6Si. The molecule has 0 fully saturated rings. The van der Waals surface area contributed by atoms with Crippen LogP contribution in [0.3, 0.4) is 0 Å². The zero-order chi connectivity index (χ0) is 34.9. The topological polar surface area (TPSA) is 77.3 Å². The zero-order valence-corrected chi connectivity index (χ0v) is 30.4. The van der Waals surface area contributed by atoms with Crippen molar-refractivity contribution in [3.05, 3.63) is 140 Å². The van der Waals surface area contributed by atoms with Crippen molar-refractivity contribution < 1.29 is 0 Å². The molecule has 0 spiro atoms. The third-order valence-electron chi connectivity index (χ3n) is 8.72. The van der Waals surface area contributed by atoms with Gasteiger partial charge in [-0.05, 0) is 58.7 Å². The summed E-state index contributed by atoms with van der Waals surface area (Å²) in [5.74, 6) is 1.81. The van der Waals surface area contributed by atoms with Crippen molar-refractivity contribution in [3.8, 4) is 67.5 Å². The Bertz CT molecular complexity index is 2150. The minimum atomic E-state index is -1.50. The fourth-order valence-electron chi connectivity index (χ4n) is 5.83. The standard InChI is InChI=1S/C43H40N6Si/c1-43(2,3)38-20-18-36(27-45-38)30-12-8-15-33(24-30)41-47-40(32-14-7-11-29(23-32)35-17-10-22-44-26-35)48-42(49-41)34-16-9-13-31(25-34)37-19-21-39(46-28-37)50(4,5)6/h7-28H,1-6H3. The molecule has 0 amide bonds. The molecule has 4 aromatic heterocycles. The second kappa shape index (κ2) is 13.3. The second-order valence-electron chi connectivity index (χ2n) is 14.7. The van der Waals surface area contributed by atoms with Crippen molar-refractivity contribution in [1.29, 1.82) is 0 Å². The minimum absolute atomic E-state index is 0.0162. The van der Waals surface area contributed by atoms with E-state index in [1.54, 1.807) is 6.20 Å². The van der Waals surface area contributed by atoms with Crippen molar-refractivity contribution in [3.63, 3.8) is 0 Å². The van der Waals surface area contributed by atoms with Crippen LogP contribution in [0, 0.1) is 0 Å². The molecule has 50 heavy (non-hydrogen) atoms. The Balaban J connectivity index is 1.33. The van der Waals surface area contributed by atoms with Crippen LogP contribution in [0.5, 0.6) is 0 Å². The van der Waals surface area contributed by atoms with E-state index in [0.717, 1.165) is 55.8 Å². The first-order valence-corrected chi connectivity index (χ1v) is 20.4. The van der Waals surface area contributed by atoms with Crippen molar-refractivity contribution in [1.82, 2.24) is 29.9 Å². The van der Waals surface area contributed by atoms with Crippen molar-refractivity contribution in [2.75, 3.05) is 0 Å². The molecule has 3 aromatic carbocycles. The van der Waals surface area contributed by atoms with E-state index in [2.05, 4.69) is 130 Å². The third-order valence-corrected chi connectivity index (χ3v) is 10.6. The van der Waals surface area contributed by atoms with Crippen molar-refractivity contribution in [2.45, 2.75) is 45.8 Å². The largest absolute Gasteiger partial charge is 0.265 e. The van der Waals surface area contributed by atoms with Gasteiger partial charge in [0.2, 0.25) is 0 Å². The van der Waals surface area contributed by atoms with Gasteiger partial charge in [-0.25, -0.2) is 15.0 Å². The monoisotopic (exact) mass is 668 g/mol. The van der Waals surface area contributed by atoms with E-state index < -0.39 is 8.07 Å². The van der Waals surface area contributed by atoms with Gasteiger partial charge in [-0.1, -0.05) is 113 Å². The molecule has 4 heterocycles. The van der Waals surface area contributed by atoms with Crippen LogP contribution < -0.4 is 5.32 Å². The van der Waals surface area contributed by atoms with Gasteiger partial charge >= 0.3 is 0 Å². The quantitative estimate of drug-likeness (QED) is 0.157. The van der Waals surface area contributed by atoms with Crippen LogP contribution in [0.1, 0.15) is 26.5 Å². The number of benzene rings is 3. The fraction of sp³-hybridized carbons (Fsp3) is 0.163. The molecule has 0 bridgehead atoms. The molecule has 0 saturated carbocycles. The van der Waals surface area contributed by atoms with Gasteiger partial charge in [0.05, 0.1) is 0 Å². The molecule has 6 nitrogen and oxygen atoms in total. The van der Waals surface area contributed by atoms with Crippen LogP contribution in [0.4, 0.5) is 0 Å². The highest BCUT2D eigenvalue weighted by molar-refractivity contribution is 6.88. The highest BCUT2D eigenvalue weighted by atomic mass is 28.3. The van der Waals surface area contributed by atoms with Crippen LogP contribution in [-0.2, 0) is 5.41 Å². The van der Waals surface area contributed by atoms with Gasteiger partial charge in [0, 0.05) is 69.0 Å². The van der Waals surface area contributed by atoms with Crippen LogP contribution >= 0.6 is 0 Å². The molecular weight excluding hydrogens is 629 g/mol. The third kappa shape index (κ3) is 7.19. The van der Waals surface area contributed by atoms with Gasteiger partial charge < -0.3 is 0 Å². The molecule has 0 aliphatic carbocycles. The number of nitrogens with zero attached hydrogens (tertiary/aromatic N) is 6. The molecule has 0 aliphatic heterocycles. The van der Waals surface area contributed by atoms with Gasteiger partial charge in [-0.2, -0.15) is 0 Å². The Morgan fingerprint density at radius 2 is 0.880 bits per heavy atom. The summed E-state index contributed by atoms with van der Waals surface area (Å²) >= 11 is 0. The Kier molecular flexibility index (Phi) is 8.76. The summed E-state index contributed by atoms with van der Waals surface area (Å²) in [6.45, 7) is 13.5. The second-order valence-corrected chi connectivity index (χ2v) is 19.7. The first-order valence-electron chi connectivity index (χ1n) is 16.9. The molecule has 7 rings (SSSR count). The molecule has 0 aliphatic rings. The molecule has 0 radical (unpaired) electrons. The zero-order valence-electron chi connectivity index (χ0n) is 29.4. The molecule has 0 saturated heterocycles. The molecule has 7 heteroatoms. The lowest BCUT2D eigenvalue weighted by atomic mass is 9.91. The molecule has 0 unspecified atom stereocenters. The molecule has 246 valence electrons. The van der Waals surface area contributed by atoms with Crippen LogP contribution in [0.25, 0.3) is 67.5 Å². The molecule has 0 N–H and O–H groups in total. The number of hydrogen-bond acceptors (Lipinski definition) is 6. The number of hydrogen-bond donors (Lipinski definition) is 0. The fourth-order valence-corrected chi connectivity index (χ4v) is 6.86. The van der Waals surface area contributed by atoms with E-state index in [0.29, 0.717) is 17.5 Å². The highest BCUT2D eigenvalue weighted by Gasteiger charge is 2.19. The summed E-state index contributed by atoms with van der Waals surface area (Å²) in [5.41, 5.74) is 10.0. The summed E-state index contributed by atoms with van der Waals surface area (Å²) in [6.07, 6.45) is 7.58. The van der Waals surface area contributed by atoms with Crippen LogP contribution in [-0.4, -0.2) is 38.0 Å². The van der Waals surface area contributed by atoms with Gasteiger partial charge in [0.25, 0.3) is 0 Å².